The Morgan fingerprint density at radius 3 is 1.71 bits per heavy atom. The van der Waals surface area contributed by atoms with E-state index >= 15 is 0 Å². The van der Waals surface area contributed by atoms with Crippen LogP contribution in [0.15, 0.2) is 133 Å². The lowest BCUT2D eigenvalue weighted by molar-refractivity contribution is 1.17. The van der Waals surface area contributed by atoms with E-state index in [1.807, 2.05) is 18.2 Å². The van der Waals surface area contributed by atoms with Gasteiger partial charge in [-0.1, -0.05) is 78.9 Å². The Hall–Kier alpha value is -6.10. The number of nitrogens with zero attached hydrogens (tertiary/aromatic N) is 4. The van der Waals surface area contributed by atoms with E-state index in [9.17, 15) is 10.5 Å². The fourth-order valence-electron chi connectivity index (χ4n) is 6.47. The van der Waals surface area contributed by atoms with Crippen molar-refractivity contribution in [3.63, 3.8) is 0 Å². The molecule has 8 aromatic rings. The third-order valence-corrected chi connectivity index (χ3v) is 8.20. The molecule has 0 aliphatic heterocycles. The first-order valence-electron chi connectivity index (χ1n) is 13.8. The van der Waals surface area contributed by atoms with Crippen molar-refractivity contribution in [3.05, 3.63) is 145 Å². The molecule has 4 nitrogen and oxygen atoms in total. The van der Waals surface area contributed by atoms with Gasteiger partial charge in [0.25, 0.3) is 0 Å². The Bertz CT molecular complexity index is 2400. The Morgan fingerprint density at radius 2 is 1.00 bits per heavy atom. The minimum absolute atomic E-state index is 0.486. The highest BCUT2D eigenvalue weighted by molar-refractivity contribution is 6.15. The summed E-state index contributed by atoms with van der Waals surface area (Å²) in [7, 11) is 0. The zero-order chi connectivity index (χ0) is 28.2. The van der Waals surface area contributed by atoms with Crippen LogP contribution in [0.25, 0.3) is 66.1 Å². The summed E-state index contributed by atoms with van der Waals surface area (Å²) in [5.41, 5.74) is 8.97. The van der Waals surface area contributed by atoms with Gasteiger partial charge < -0.3 is 9.13 Å². The Balaban J connectivity index is 1.50. The molecule has 0 aliphatic rings. The average Bonchev–Trinajstić information content (AvgIpc) is 3.57. The first-order chi connectivity index (χ1) is 20.8. The predicted octanol–water partition coefficient (Wildman–Crippen LogP) is 9.29. The van der Waals surface area contributed by atoms with E-state index in [2.05, 4.69) is 118 Å². The predicted molar refractivity (Wildman–Crippen MR) is 170 cm³/mol. The van der Waals surface area contributed by atoms with Crippen LogP contribution in [-0.2, 0) is 0 Å². The van der Waals surface area contributed by atoms with Crippen molar-refractivity contribution in [2.45, 2.75) is 0 Å². The van der Waals surface area contributed by atoms with Crippen LogP contribution in [0, 0.1) is 22.7 Å². The van der Waals surface area contributed by atoms with Crippen molar-refractivity contribution < 1.29 is 0 Å². The zero-order valence-corrected chi connectivity index (χ0v) is 22.5. The molecule has 0 spiro atoms. The Morgan fingerprint density at radius 1 is 0.429 bits per heavy atom. The van der Waals surface area contributed by atoms with Crippen molar-refractivity contribution in [3.8, 4) is 34.6 Å². The van der Waals surface area contributed by atoms with Gasteiger partial charge in [0.15, 0.2) is 0 Å². The van der Waals surface area contributed by atoms with E-state index in [0.717, 1.165) is 55.2 Å². The number of fused-ring (bicyclic) bond motifs is 6. The van der Waals surface area contributed by atoms with Crippen molar-refractivity contribution in [2.24, 2.45) is 0 Å². The van der Waals surface area contributed by atoms with Gasteiger partial charge in [0.2, 0.25) is 0 Å². The number of rotatable bonds is 3. The monoisotopic (exact) mass is 534 g/mol. The molecule has 0 radical (unpaired) electrons. The van der Waals surface area contributed by atoms with Gasteiger partial charge in [-0.2, -0.15) is 10.5 Å². The van der Waals surface area contributed by atoms with E-state index in [-0.39, 0.29) is 0 Å². The highest BCUT2D eigenvalue weighted by atomic mass is 15.0. The van der Waals surface area contributed by atoms with E-state index in [0.29, 0.717) is 16.7 Å². The minimum atomic E-state index is 0.486. The number of nitriles is 2. The molecule has 0 saturated carbocycles. The maximum Gasteiger partial charge on any atom is 0.0998 e. The van der Waals surface area contributed by atoms with Crippen molar-refractivity contribution in [1.29, 1.82) is 10.5 Å². The number of hydrogen-bond donors (Lipinski definition) is 0. The van der Waals surface area contributed by atoms with E-state index < -0.39 is 0 Å². The second kappa shape index (κ2) is 9.24. The van der Waals surface area contributed by atoms with Crippen LogP contribution in [0.2, 0.25) is 0 Å². The van der Waals surface area contributed by atoms with Gasteiger partial charge in [0.05, 0.1) is 45.3 Å². The highest BCUT2D eigenvalue weighted by Crippen LogP contribution is 2.41. The third kappa shape index (κ3) is 3.33. The van der Waals surface area contributed by atoms with Gasteiger partial charge in [0, 0.05) is 44.0 Å². The molecule has 0 aliphatic carbocycles. The van der Waals surface area contributed by atoms with Crippen LogP contribution in [0.4, 0.5) is 0 Å². The molecule has 4 heteroatoms. The summed E-state index contributed by atoms with van der Waals surface area (Å²) >= 11 is 0. The molecule has 6 aromatic carbocycles. The van der Waals surface area contributed by atoms with Crippen LogP contribution < -0.4 is 0 Å². The third-order valence-electron chi connectivity index (χ3n) is 8.20. The van der Waals surface area contributed by atoms with Crippen molar-refractivity contribution >= 4 is 43.6 Å². The van der Waals surface area contributed by atoms with Gasteiger partial charge in [-0.05, 0) is 54.6 Å². The van der Waals surface area contributed by atoms with E-state index in [4.69, 9.17) is 0 Å². The van der Waals surface area contributed by atoms with Gasteiger partial charge in [0.1, 0.15) is 0 Å². The first-order valence-corrected chi connectivity index (χ1v) is 13.8. The SMILES string of the molecule is N#Cc1cccc(C#N)c1-c1cccc2c3ccccc3n(-c3ccc4c(c3)c3ccccc3n4-c3ccccc3)c12. The molecule has 0 saturated heterocycles. The lowest BCUT2D eigenvalue weighted by atomic mass is 9.93. The quantitative estimate of drug-likeness (QED) is 0.227. The molecule has 2 aromatic heterocycles. The molecule has 0 atom stereocenters. The summed E-state index contributed by atoms with van der Waals surface area (Å²) in [5.74, 6) is 0. The second-order valence-electron chi connectivity index (χ2n) is 10.4. The molecule has 8 rings (SSSR count). The maximum atomic E-state index is 10.0. The molecule has 42 heavy (non-hydrogen) atoms. The Labute approximate surface area is 242 Å². The summed E-state index contributed by atoms with van der Waals surface area (Å²) in [6.45, 7) is 0. The summed E-state index contributed by atoms with van der Waals surface area (Å²) in [5, 5.41) is 24.6. The normalized spacial score (nSPS) is 11.3. The van der Waals surface area contributed by atoms with Gasteiger partial charge in [-0.25, -0.2) is 0 Å². The molecule has 0 unspecified atom stereocenters. The largest absolute Gasteiger partial charge is 0.309 e. The maximum absolute atomic E-state index is 10.0. The summed E-state index contributed by atoms with van der Waals surface area (Å²) in [6.07, 6.45) is 0. The molecular weight excluding hydrogens is 512 g/mol. The Kier molecular flexibility index (Phi) is 5.22. The summed E-state index contributed by atoms with van der Waals surface area (Å²) < 4.78 is 4.59. The summed E-state index contributed by atoms with van der Waals surface area (Å²) in [6, 6.07) is 50.1. The highest BCUT2D eigenvalue weighted by Gasteiger charge is 2.21. The number of aromatic nitrogens is 2. The lowest BCUT2D eigenvalue weighted by Gasteiger charge is -2.14. The van der Waals surface area contributed by atoms with E-state index in [1.165, 1.54) is 5.39 Å². The standard InChI is InChI=1S/C38H22N4/c39-23-25-10-8-11-26(24-40)37(25)32-17-9-16-31-29-14-4-7-19-35(29)42(38(31)32)28-20-21-36-33(22-28)30-15-5-6-18-34(30)41(36)27-12-2-1-3-13-27/h1-22H. The van der Waals surface area contributed by atoms with Crippen LogP contribution in [0.1, 0.15) is 11.1 Å². The lowest BCUT2D eigenvalue weighted by Crippen LogP contribution is -1.98. The smallest absolute Gasteiger partial charge is 0.0998 e. The first kappa shape index (κ1) is 23.8. The number of hydrogen-bond acceptors (Lipinski definition) is 2. The van der Waals surface area contributed by atoms with Gasteiger partial charge in [-0.15, -0.1) is 0 Å². The van der Waals surface area contributed by atoms with Crippen LogP contribution in [0.5, 0.6) is 0 Å². The molecule has 0 bridgehead atoms. The number of para-hydroxylation sites is 4. The zero-order valence-electron chi connectivity index (χ0n) is 22.5. The number of benzene rings is 6. The topological polar surface area (TPSA) is 57.4 Å². The minimum Gasteiger partial charge on any atom is -0.309 e. The van der Waals surface area contributed by atoms with Gasteiger partial charge in [-0.3, -0.25) is 0 Å². The van der Waals surface area contributed by atoms with Crippen LogP contribution in [0.3, 0.4) is 0 Å². The molecule has 2 heterocycles. The molecule has 0 N–H and O–H groups in total. The fourth-order valence-corrected chi connectivity index (χ4v) is 6.47. The average molecular weight is 535 g/mol. The van der Waals surface area contributed by atoms with Crippen LogP contribution in [-0.4, -0.2) is 9.13 Å². The second-order valence-corrected chi connectivity index (χ2v) is 10.4. The molecule has 0 fully saturated rings. The van der Waals surface area contributed by atoms with Crippen molar-refractivity contribution in [1.82, 2.24) is 9.13 Å². The summed E-state index contributed by atoms with van der Waals surface area (Å²) in [4.78, 5) is 0. The van der Waals surface area contributed by atoms with E-state index in [1.54, 1.807) is 18.2 Å². The van der Waals surface area contributed by atoms with Gasteiger partial charge >= 0.3 is 0 Å². The fraction of sp³-hybridized carbons (Fsp3) is 0. The molecule has 194 valence electrons. The van der Waals surface area contributed by atoms with Crippen LogP contribution >= 0.6 is 0 Å². The molecular formula is C38H22N4. The molecule has 0 amide bonds. The van der Waals surface area contributed by atoms with Crippen molar-refractivity contribution in [2.75, 3.05) is 0 Å².